The molecule has 1 aromatic carbocycles. The molecule has 2 unspecified atom stereocenters. The van der Waals surface area contributed by atoms with Crippen molar-refractivity contribution in [1.29, 1.82) is 0 Å². The molecule has 0 radical (unpaired) electrons. The van der Waals surface area contributed by atoms with Crippen molar-refractivity contribution in [2.75, 3.05) is 13.1 Å². The molecule has 3 rings (SSSR count). The topological polar surface area (TPSA) is 54.7 Å². The number of carbonyl (C=O) groups excluding carboxylic acids is 1. The maximum absolute atomic E-state index is 12.5. The van der Waals surface area contributed by atoms with Gasteiger partial charge in [-0.25, -0.2) is 4.79 Å². The molecule has 5 heteroatoms. The van der Waals surface area contributed by atoms with Gasteiger partial charge >= 0.3 is 6.03 Å². The average molecular weight is 316 g/mol. The van der Waals surface area contributed by atoms with Crippen molar-refractivity contribution in [3.05, 3.63) is 36.1 Å². The first-order valence-corrected chi connectivity index (χ1v) is 8.06. The zero-order valence-corrected chi connectivity index (χ0v) is 14.1. The van der Waals surface area contributed by atoms with Gasteiger partial charge in [-0.3, -0.25) is 0 Å². The van der Waals surface area contributed by atoms with E-state index in [1.165, 1.54) is 0 Å². The van der Waals surface area contributed by atoms with Gasteiger partial charge < -0.3 is 19.4 Å². The van der Waals surface area contributed by atoms with Crippen molar-refractivity contribution in [2.24, 2.45) is 0 Å². The van der Waals surface area contributed by atoms with Crippen LogP contribution in [0.3, 0.4) is 0 Å². The summed E-state index contributed by atoms with van der Waals surface area (Å²) >= 11 is 0. The summed E-state index contributed by atoms with van der Waals surface area (Å²) in [6.45, 7) is 9.11. The van der Waals surface area contributed by atoms with Crippen LogP contribution < -0.4 is 5.32 Å². The molecule has 1 saturated heterocycles. The summed E-state index contributed by atoms with van der Waals surface area (Å²) in [5.41, 5.74) is 0.516. The maximum Gasteiger partial charge on any atom is 0.318 e. The highest BCUT2D eigenvalue weighted by molar-refractivity contribution is 5.78. The molecule has 2 amide bonds. The van der Waals surface area contributed by atoms with Gasteiger partial charge in [0.25, 0.3) is 0 Å². The molecule has 0 saturated carbocycles. The molecule has 1 aromatic heterocycles. The fourth-order valence-electron chi connectivity index (χ4n) is 3.17. The first-order valence-electron chi connectivity index (χ1n) is 8.06. The molecule has 2 heterocycles. The SMILES string of the molecule is CC1CN(C(=O)NC(C)c2cc3ccccc3o2)CC(C)(C)O1. The zero-order valence-electron chi connectivity index (χ0n) is 14.1. The monoisotopic (exact) mass is 316 g/mol. The zero-order chi connectivity index (χ0) is 16.6. The lowest BCUT2D eigenvalue weighted by atomic mass is 10.1. The number of nitrogens with zero attached hydrogens (tertiary/aromatic N) is 1. The molecule has 0 spiro atoms. The van der Waals surface area contributed by atoms with E-state index >= 15 is 0 Å². The fourth-order valence-corrected chi connectivity index (χ4v) is 3.17. The number of morpholine rings is 1. The van der Waals surface area contributed by atoms with Crippen molar-refractivity contribution >= 4 is 17.0 Å². The van der Waals surface area contributed by atoms with E-state index in [9.17, 15) is 4.79 Å². The molecular weight excluding hydrogens is 292 g/mol. The fraction of sp³-hybridized carbons (Fsp3) is 0.500. The first kappa shape index (κ1) is 15.9. The Hall–Kier alpha value is -2.01. The predicted molar refractivity (Wildman–Crippen MR) is 89.4 cm³/mol. The van der Waals surface area contributed by atoms with Gasteiger partial charge in [-0.15, -0.1) is 0 Å². The molecule has 23 heavy (non-hydrogen) atoms. The van der Waals surface area contributed by atoms with Crippen LogP contribution >= 0.6 is 0 Å². The Morgan fingerprint density at radius 2 is 2.13 bits per heavy atom. The van der Waals surface area contributed by atoms with Crippen molar-refractivity contribution in [3.8, 4) is 0 Å². The molecule has 2 atom stereocenters. The minimum Gasteiger partial charge on any atom is -0.459 e. The highest BCUT2D eigenvalue weighted by Gasteiger charge is 2.34. The normalized spacial score (nSPS) is 22.1. The van der Waals surface area contributed by atoms with Crippen LogP contribution in [0.15, 0.2) is 34.7 Å². The lowest BCUT2D eigenvalue weighted by molar-refractivity contribution is -0.117. The minimum atomic E-state index is -0.322. The van der Waals surface area contributed by atoms with Gasteiger partial charge in [-0.1, -0.05) is 18.2 Å². The second-order valence-electron chi connectivity index (χ2n) is 6.93. The third-order valence-corrected chi connectivity index (χ3v) is 4.07. The maximum atomic E-state index is 12.5. The molecule has 1 N–H and O–H groups in total. The molecule has 1 aliphatic rings. The van der Waals surface area contributed by atoms with E-state index in [1.54, 1.807) is 0 Å². The van der Waals surface area contributed by atoms with Gasteiger partial charge in [0.2, 0.25) is 0 Å². The number of para-hydroxylation sites is 1. The Morgan fingerprint density at radius 1 is 1.39 bits per heavy atom. The third kappa shape index (κ3) is 3.50. The second-order valence-corrected chi connectivity index (χ2v) is 6.93. The van der Waals surface area contributed by atoms with E-state index < -0.39 is 0 Å². The Balaban J connectivity index is 1.69. The summed E-state index contributed by atoms with van der Waals surface area (Å²) < 4.78 is 11.7. The predicted octanol–water partition coefficient (Wildman–Crippen LogP) is 3.70. The van der Waals surface area contributed by atoms with Gasteiger partial charge in [0.15, 0.2) is 0 Å². The number of benzene rings is 1. The highest BCUT2D eigenvalue weighted by atomic mass is 16.5. The Morgan fingerprint density at radius 3 is 2.83 bits per heavy atom. The van der Waals surface area contributed by atoms with Crippen LogP contribution in [-0.2, 0) is 4.74 Å². The summed E-state index contributed by atoms with van der Waals surface area (Å²) in [6, 6.07) is 9.56. The number of ether oxygens (including phenoxy) is 1. The number of hydrogen-bond acceptors (Lipinski definition) is 3. The summed E-state index contributed by atoms with van der Waals surface area (Å²) in [7, 11) is 0. The molecule has 2 aromatic rings. The number of urea groups is 1. The number of furan rings is 1. The number of nitrogens with one attached hydrogen (secondary N) is 1. The molecular formula is C18H24N2O3. The second kappa shape index (κ2) is 5.89. The van der Waals surface area contributed by atoms with Gasteiger partial charge in [-0.2, -0.15) is 0 Å². The highest BCUT2D eigenvalue weighted by Crippen LogP contribution is 2.25. The third-order valence-electron chi connectivity index (χ3n) is 4.07. The van der Waals surface area contributed by atoms with Crippen LogP contribution in [0.5, 0.6) is 0 Å². The molecule has 1 fully saturated rings. The number of amides is 2. The first-order chi connectivity index (χ1) is 10.8. The van der Waals surface area contributed by atoms with Crippen molar-refractivity contribution in [1.82, 2.24) is 10.2 Å². The largest absolute Gasteiger partial charge is 0.459 e. The average Bonchev–Trinajstić information content (AvgIpc) is 2.89. The van der Waals surface area contributed by atoms with E-state index in [4.69, 9.17) is 9.15 Å². The van der Waals surface area contributed by atoms with E-state index in [2.05, 4.69) is 5.32 Å². The van der Waals surface area contributed by atoms with Gasteiger partial charge in [0, 0.05) is 11.9 Å². The Labute approximate surface area is 136 Å². The number of rotatable bonds is 2. The van der Waals surface area contributed by atoms with Crippen molar-refractivity contribution < 1.29 is 13.9 Å². The number of carbonyl (C=O) groups is 1. The van der Waals surface area contributed by atoms with Gasteiger partial charge in [0.05, 0.1) is 24.3 Å². The van der Waals surface area contributed by atoms with Crippen molar-refractivity contribution in [3.63, 3.8) is 0 Å². The Kier molecular flexibility index (Phi) is 4.06. The van der Waals surface area contributed by atoms with E-state index in [1.807, 2.05) is 62.9 Å². The van der Waals surface area contributed by atoms with Crippen LogP contribution in [0, 0.1) is 0 Å². The lowest BCUT2D eigenvalue weighted by Gasteiger charge is -2.41. The molecule has 124 valence electrons. The van der Waals surface area contributed by atoms with Crippen LogP contribution in [0.25, 0.3) is 11.0 Å². The van der Waals surface area contributed by atoms with Crippen LogP contribution in [0.4, 0.5) is 4.79 Å². The minimum absolute atomic E-state index is 0.0333. The molecule has 0 aliphatic carbocycles. The lowest BCUT2D eigenvalue weighted by Crippen LogP contribution is -2.56. The van der Waals surface area contributed by atoms with E-state index in [-0.39, 0.29) is 23.8 Å². The van der Waals surface area contributed by atoms with Crippen LogP contribution in [0.2, 0.25) is 0 Å². The summed E-state index contributed by atoms with van der Waals surface area (Å²) in [5.74, 6) is 0.764. The van der Waals surface area contributed by atoms with Gasteiger partial charge in [0.1, 0.15) is 11.3 Å². The summed E-state index contributed by atoms with van der Waals surface area (Å²) in [6.07, 6.45) is 0.0333. The molecule has 1 aliphatic heterocycles. The number of fused-ring (bicyclic) bond motifs is 1. The molecule has 5 nitrogen and oxygen atoms in total. The number of hydrogen-bond donors (Lipinski definition) is 1. The van der Waals surface area contributed by atoms with E-state index in [0.717, 1.165) is 16.7 Å². The van der Waals surface area contributed by atoms with Crippen molar-refractivity contribution in [2.45, 2.75) is 45.4 Å². The Bertz CT molecular complexity index is 674. The molecule has 0 bridgehead atoms. The van der Waals surface area contributed by atoms with E-state index in [0.29, 0.717) is 13.1 Å². The summed E-state index contributed by atoms with van der Waals surface area (Å²) in [4.78, 5) is 14.4. The quantitative estimate of drug-likeness (QED) is 0.919. The summed E-state index contributed by atoms with van der Waals surface area (Å²) in [5, 5.41) is 4.07. The standard InChI is InChI=1S/C18H24N2O3/c1-12-10-20(11-18(3,4)23-12)17(21)19-13(2)16-9-14-7-5-6-8-15(14)22-16/h5-9,12-13H,10-11H2,1-4H3,(H,19,21). The van der Waals surface area contributed by atoms with Gasteiger partial charge in [-0.05, 0) is 39.8 Å². The van der Waals surface area contributed by atoms with Crippen LogP contribution in [0.1, 0.15) is 39.5 Å². The van der Waals surface area contributed by atoms with Crippen LogP contribution in [-0.4, -0.2) is 35.7 Å². The smallest absolute Gasteiger partial charge is 0.318 e.